The molecule has 4 nitrogen and oxygen atoms in total. The topological polar surface area (TPSA) is 40.0 Å². The minimum atomic E-state index is 0.465. The molecule has 3 aromatic rings. The molecule has 28 heavy (non-hydrogen) atoms. The molecule has 0 heterocycles. The summed E-state index contributed by atoms with van der Waals surface area (Å²) < 4.78 is 17.0. The Morgan fingerprint density at radius 3 is 2.21 bits per heavy atom. The van der Waals surface area contributed by atoms with Gasteiger partial charge in [0.2, 0.25) is 5.90 Å². The van der Waals surface area contributed by atoms with Gasteiger partial charge in [0.05, 0.1) is 19.1 Å². The Bertz CT molecular complexity index is 961. The van der Waals surface area contributed by atoms with Crippen LogP contribution in [-0.4, -0.2) is 13.0 Å². The van der Waals surface area contributed by atoms with Crippen molar-refractivity contribution >= 4 is 11.6 Å². The van der Waals surface area contributed by atoms with Gasteiger partial charge in [0.1, 0.15) is 17.2 Å². The highest BCUT2D eigenvalue weighted by Crippen LogP contribution is 2.21. The van der Waals surface area contributed by atoms with Crippen LogP contribution in [0.3, 0.4) is 0 Å². The van der Waals surface area contributed by atoms with Crippen LogP contribution in [0.25, 0.3) is 0 Å². The molecule has 0 aliphatic heterocycles. The molecule has 0 aliphatic carbocycles. The molecule has 0 atom stereocenters. The quantitative estimate of drug-likeness (QED) is 0.298. The Kier molecular flexibility index (Phi) is 6.47. The summed E-state index contributed by atoms with van der Waals surface area (Å²) in [7, 11) is 1.64. The number of nitrogens with zero attached hydrogens (tertiary/aromatic N) is 1. The van der Waals surface area contributed by atoms with Crippen LogP contribution in [0, 0.1) is 6.92 Å². The number of methoxy groups -OCH3 is 1. The molecule has 0 unspecified atom stereocenters. The number of para-hydroxylation sites is 1. The second-order valence-electron chi connectivity index (χ2n) is 6.27. The van der Waals surface area contributed by atoms with E-state index in [4.69, 9.17) is 14.2 Å². The summed E-state index contributed by atoms with van der Waals surface area (Å²) >= 11 is 0. The summed E-state index contributed by atoms with van der Waals surface area (Å²) in [6.07, 6.45) is 1.65. The fourth-order valence-electron chi connectivity index (χ4n) is 2.46. The highest BCUT2D eigenvalue weighted by Gasteiger charge is 2.08. The maximum atomic E-state index is 6.08. The Hall–Kier alpha value is -3.53. The maximum absolute atomic E-state index is 6.08. The molecule has 0 aromatic heterocycles. The number of rotatable bonds is 6. The van der Waals surface area contributed by atoms with Gasteiger partial charge in [0, 0.05) is 5.57 Å². The van der Waals surface area contributed by atoms with Crippen LogP contribution in [-0.2, 0) is 0 Å². The average molecular weight is 373 g/mol. The second-order valence-corrected chi connectivity index (χ2v) is 6.27. The number of aliphatic imine (C=N–C) groups is 1. The molecule has 0 fully saturated rings. The minimum Gasteiger partial charge on any atom is -0.497 e. The van der Waals surface area contributed by atoms with Gasteiger partial charge in [-0.1, -0.05) is 30.3 Å². The number of hydrogen-bond donors (Lipinski definition) is 0. The van der Waals surface area contributed by atoms with Gasteiger partial charge in [-0.05, 0) is 67.9 Å². The summed E-state index contributed by atoms with van der Waals surface area (Å²) in [5.74, 6) is 2.72. The highest BCUT2D eigenvalue weighted by molar-refractivity contribution is 5.96. The predicted molar refractivity (Wildman–Crippen MR) is 113 cm³/mol. The first kappa shape index (κ1) is 19.2. The Morgan fingerprint density at radius 2 is 1.54 bits per heavy atom. The molecule has 0 N–H and O–H groups in total. The fraction of sp³-hybridized carbons (Fsp3) is 0.125. The maximum Gasteiger partial charge on any atom is 0.225 e. The van der Waals surface area contributed by atoms with Gasteiger partial charge in [-0.2, -0.15) is 0 Å². The van der Waals surface area contributed by atoms with Gasteiger partial charge in [-0.15, -0.1) is 0 Å². The summed E-state index contributed by atoms with van der Waals surface area (Å²) in [5.41, 5.74) is 2.64. The molecule has 4 heteroatoms. The predicted octanol–water partition coefficient (Wildman–Crippen LogP) is 6.10. The molecule has 3 aromatic carbocycles. The molecule has 0 saturated heterocycles. The van der Waals surface area contributed by atoms with Crippen molar-refractivity contribution in [2.45, 2.75) is 13.8 Å². The van der Waals surface area contributed by atoms with E-state index in [9.17, 15) is 0 Å². The Labute approximate surface area is 165 Å². The lowest BCUT2D eigenvalue weighted by Gasteiger charge is -2.11. The molecule has 142 valence electrons. The monoisotopic (exact) mass is 373 g/mol. The van der Waals surface area contributed by atoms with E-state index >= 15 is 0 Å². The first-order valence-electron chi connectivity index (χ1n) is 9.00. The van der Waals surface area contributed by atoms with E-state index in [-0.39, 0.29) is 0 Å². The normalized spacial score (nSPS) is 11.8. The van der Waals surface area contributed by atoms with Crippen LogP contribution >= 0.6 is 0 Å². The third-order valence-electron chi connectivity index (χ3n) is 3.96. The molecule has 0 bridgehead atoms. The SMILES string of the molecule is COc1ccc(N=C(Oc2cccc(C)c2)C(C)=COc2ccccc2)cc1. The molecule has 0 aliphatic rings. The van der Waals surface area contributed by atoms with Crippen molar-refractivity contribution in [1.29, 1.82) is 0 Å². The van der Waals surface area contributed by atoms with Crippen LogP contribution in [0.5, 0.6) is 17.2 Å². The lowest BCUT2D eigenvalue weighted by Crippen LogP contribution is -2.11. The van der Waals surface area contributed by atoms with Gasteiger partial charge >= 0.3 is 0 Å². The van der Waals surface area contributed by atoms with Gasteiger partial charge < -0.3 is 14.2 Å². The van der Waals surface area contributed by atoms with E-state index in [1.165, 1.54) is 0 Å². The van der Waals surface area contributed by atoms with Crippen molar-refractivity contribution in [3.63, 3.8) is 0 Å². The number of aryl methyl sites for hydroxylation is 1. The molecular weight excluding hydrogens is 350 g/mol. The molecule has 0 amide bonds. The lowest BCUT2D eigenvalue weighted by molar-refractivity contribution is 0.415. The van der Waals surface area contributed by atoms with Crippen LogP contribution < -0.4 is 14.2 Å². The number of benzene rings is 3. The van der Waals surface area contributed by atoms with Crippen LogP contribution in [0.15, 0.2) is 95.7 Å². The zero-order chi connectivity index (χ0) is 19.8. The van der Waals surface area contributed by atoms with Gasteiger partial charge in [-0.3, -0.25) is 0 Å². The second kappa shape index (κ2) is 9.42. The molecule has 0 spiro atoms. The zero-order valence-corrected chi connectivity index (χ0v) is 16.3. The van der Waals surface area contributed by atoms with Crippen LogP contribution in [0.1, 0.15) is 12.5 Å². The Balaban J connectivity index is 1.89. The van der Waals surface area contributed by atoms with Crippen molar-refractivity contribution in [2.24, 2.45) is 4.99 Å². The summed E-state index contributed by atoms with van der Waals surface area (Å²) in [6.45, 7) is 3.93. The van der Waals surface area contributed by atoms with E-state index in [2.05, 4.69) is 4.99 Å². The first-order valence-corrected chi connectivity index (χ1v) is 9.00. The van der Waals surface area contributed by atoms with E-state index in [1.807, 2.05) is 92.7 Å². The third kappa shape index (κ3) is 5.48. The zero-order valence-electron chi connectivity index (χ0n) is 16.3. The van der Waals surface area contributed by atoms with Crippen molar-refractivity contribution < 1.29 is 14.2 Å². The molecular formula is C24H23NO3. The highest BCUT2D eigenvalue weighted by atomic mass is 16.5. The van der Waals surface area contributed by atoms with Crippen LogP contribution in [0.4, 0.5) is 5.69 Å². The minimum absolute atomic E-state index is 0.465. The summed E-state index contributed by atoms with van der Waals surface area (Å²) in [5, 5.41) is 0. The van der Waals surface area contributed by atoms with Crippen molar-refractivity contribution in [1.82, 2.24) is 0 Å². The van der Waals surface area contributed by atoms with Gasteiger partial charge in [0.25, 0.3) is 0 Å². The summed E-state index contributed by atoms with van der Waals surface area (Å²) in [6, 6.07) is 24.9. The number of ether oxygens (including phenoxy) is 3. The smallest absolute Gasteiger partial charge is 0.225 e. The van der Waals surface area contributed by atoms with Crippen molar-refractivity contribution in [3.05, 3.63) is 96.3 Å². The van der Waals surface area contributed by atoms with Crippen LogP contribution in [0.2, 0.25) is 0 Å². The average Bonchev–Trinajstić information content (AvgIpc) is 2.73. The third-order valence-corrected chi connectivity index (χ3v) is 3.96. The van der Waals surface area contributed by atoms with E-state index < -0.39 is 0 Å². The standard InChI is InChI=1S/C24H23NO3/c1-18-8-7-11-23(16-18)28-24(25-20-12-14-21(26-3)15-13-20)19(2)17-27-22-9-5-4-6-10-22/h4-17H,1-3H3. The van der Waals surface area contributed by atoms with Crippen molar-refractivity contribution in [2.75, 3.05) is 7.11 Å². The molecule has 3 rings (SSSR count). The van der Waals surface area contributed by atoms with Gasteiger partial charge in [-0.25, -0.2) is 4.99 Å². The largest absolute Gasteiger partial charge is 0.497 e. The molecule has 0 radical (unpaired) electrons. The van der Waals surface area contributed by atoms with Crippen molar-refractivity contribution in [3.8, 4) is 17.2 Å². The Morgan fingerprint density at radius 1 is 0.821 bits per heavy atom. The molecule has 0 saturated carbocycles. The first-order chi connectivity index (χ1) is 13.6. The van der Waals surface area contributed by atoms with E-state index in [0.717, 1.165) is 34.1 Å². The summed E-state index contributed by atoms with van der Waals surface area (Å²) in [4.78, 5) is 4.66. The van der Waals surface area contributed by atoms with E-state index in [1.54, 1.807) is 13.4 Å². The van der Waals surface area contributed by atoms with Gasteiger partial charge in [0.15, 0.2) is 0 Å². The van der Waals surface area contributed by atoms with E-state index in [0.29, 0.717) is 5.90 Å². The lowest BCUT2D eigenvalue weighted by atomic mass is 10.2. The number of hydrogen-bond acceptors (Lipinski definition) is 4. The fourth-order valence-corrected chi connectivity index (χ4v) is 2.46.